The molecule has 2 N–H and O–H groups in total. The Labute approximate surface area is 117 Å². The highest BCUT2D eigenvalue weighted by Crippen LogP contribution is 2.12. The van der Waals surface area contributed by atoms with Crippen LogP contribution in [0.4, 0.5) is 0 Å². The van der Waals surface area contributed by atoms with Crippen LogP contribution < -0.4 is 5.32 Å². The third-order valence-corrected chi connectivity index (χ3v) is 3.02. The molecule has 0 aromatic carbocycles. The molecule has 0 saturated heterocycles. The highest BCUT2D eigenvalue weighted by molar-refractivity contribution is 4.81. The van der Waals surface area contributed by atoms with Crippen molar-refractivity contribution in [1.29, 1.82) is 0 Å². The largest absolute Gasteiger partial charge is 0.394 e. The van der Waals surface area contributed by atoms with Gasteiger partial charge in [-0.2, -0.15) is 0 Å². The molecule has 0 rings (SSSR count). The fourth-order valence-corrected chi connectivity index (χ4v) is 1.83. The smallest absolute Gasteiger partial charge is 0.0701 e. The van der Waals surface area contributed by atoms with Gasteiger partial charge >= 0.3 is 0 Å². The average molecular weight is 277 g/mol. The highest BCUT2D eigenvalue weighted by atomic mass is 16.5. The molecule has 5 nitrogen and oxygen atoms in total. The normalized spacial score (nSPS) is 14.5. The van der Waals surface area contributed by atoms with Crippen molar-refractivity contribution in [3.05, 3.63) is 0 Å². The summed E-state index contributed by atoms with van der Waals surface area (Å²) in [6.07, 6.45) is 3.03. The molecule has 0 spiro atoms. The second-order valence-corrected chi connectivity index (χ2v) is 4.92. The molecule has 0 radical (unpaired) electrons. The minimum atomic E-state index is -0.155. The van der Waals surface area contributed by atoms with Crippen molar-refractivity contribution in [1.82, 2.24) is 5.32 Å². The Morgan fingerprint density at radius 3 is 2.21 bits per heavy atom. The lowest BCUT2D eigenvalue weighted by Gasteiger charge is -2.28. The monoisotopic (exact) mass is 277 g/mol. The predicted octanol–water partition coefficient (Wildman–Crippen LogP) is 1.20. The van der Waals surface area contributed by atoms with E-state index in [1.54, 1.807) is 7.11 Å². The summed E-state index contributed by atoms with van der Waals surface area (Å²) in [4.78, 5) is 0. The number of hydrogen-bond donors (Lipinski definition) is 2. The van der Waals surface area contributed by atoms with Gasteiger partial charge in [0.25, 0.3) is 0 Å². The highest BCUT2D eigenvalue weighted by Gasteiger charge is 2.20. The number of rotatable bonds is 14. The van der Waals surface area contributed by atoms with Crippen LogP contribution in [-0.4, -0.2) is 63.9 Å². The van der Waals surface area contributed by atoms with Crippen molar-refractivity contribution in [2.45, 2.75) is 38.6 Å². The molecule has 19 heavy (non-hydrogen) atoms. The molecule has 116 valence electrons. The van der Waals surface area contributed by atoms with Gasteiger partial charge in [-0.1, -0.05) is 6.92 Å². The van der Waals surface area contributed by atoms with E-state index in [0.717, 1.165) is 32.4 Å². The quantitative estimate of drug-likeness (QED) is 0.467. The van der Waals surface area contributed by atoms with E-state index in [1.165, 1.54) is 0 Å². The Bertz CT molecular complexity index is 192. The zero-order chi connectivity index (χ0) is 14.4. The fourth-order valence-electron chi connectivity index (χ4n) is 1.83. The van der Waals surface area contributed by atoms with Gasteiger partial charge < -0.3 is 24.6 Å². The second kappa shape index (κ2) is 12.8. The molecule has 1 unspecified atom stereocenters. The van der Waals surface area contributed by atoms with E-state index in [1.807, 2.05) is 0 Å². The van der Waals surface area contributed by atoms with E-state index in [9.17, 15) is 5.11 Å². The molecular formula is C14H31NO4. The second-order valence-electron chi connectivity index (χ2n) is 4.92. The third kappa shape index (κ3) is 11.3. The van der Waals surface area contributed by atoms with Crippen LogP contribution in [0, 0.1) is 0 Å². The van der Waals surface area contributed by atoms with Crippen LogP contribution in [-0.2, 0) is 14.2 Å². The zero-order valence-electron chi connectivity index (χ0n) is 12.7. The van der Waals surface area contributed by atoms with E-state index in [2.05, 4.69) is 19.2 Å². The van der Waals surface area contributed by atoms with Gasteiger partial charge in [0, 0.05) is 19.3 Å². The van der Waals surface area contributed by atoms with Gasteiger partial charge in [0.15, 0.2) is 0 Å². The maximum absolute atomic E-state index is 9.34. The fraction of sp³-hybridized carbons (Fsp3) is 1.00. The van der Waals surface area contributed by atoms with Crippen LogP contribution in [0.2, 0.25) is 0 Å². The molecule has 0 amide bonds. The van der Waals surface area contributed by atoms with Crippen LogP contribution in [0.1, 0.15) is 33.1 Å². The van der Waals surface area contributed by atoms with Gasteiger partial charge in [-0.3, -0.25) is 0 Å². The first-order valence-electron chi connectivity index (χ1n) is 7.19. The lowest BCUT2D eigenvalue weighted by molar-refractivity contribution is 0.0235. The van der Waals surface area contributed by atoms with Gasteiger partial charge in [-0.05, 0) is 32.7 Å². The SMILES string of the molecule is CCNC(C)(CO)CCCCOCCOCCOC. The van der Waals surface area contributed by atoms with Gasteiger partial charge in [0.2, 0.25) is 0 Å². The number of methoxy groups -OCH3 is 1. The molecule has 0 aromatic rings. The van der Waals surface area contributed by atoms with Crippen molar-refractivity contribution < 1.29 is 19.3 Å². The van der Waals surface area contributed by atoms with Crippen LogP contribution in [0.5, 0.6) is 0 Å². The van der Waals surface area contributed by atoms with Gasteiger partial charge in [0.05, 0.1) is 33.0 Å². The van der Waals surface area contributed by atoms with E-state index in [-0.39, 0.29) is 12.1 Å². The number of nitrogens with one attached hydrogen (secondary N) is 1. The summed E-state index contributed by atoms with van der Waals surface area (Å²) in [5.41, 5.74) is -0.155. The van der Waals surface area contributed by atoms with E-state index in [4.69, 9.17) is 14.2 Å². The van der Waals surface area contributed by atoms with E-state index >= 15 is 0 Å². The Kier molecular flexibility index (Phi) is 12.7. The van der Waals surface area contributed by atoms with Gasteiger partial charge in [-0.25, -0.2) is 0 Å². The van der Waals surface area contributed by atoms with Crippen LogP contribution in [0.3, 0.4) is 0 Å². The minimum Gasteiger partial charge on any atom is -0.394 e. The van der Waals surface area contributed by atoms with E-state index < -0.39 is 0 Å². The Morgan fingerprint density at radius 1 is 1.00 bits per heavy atom. The van der Waals surface area contributed by atoms with Crippen molar-refractivity contribution in [2.24, 2.45) is 0 Å². The van der Waals surface area contributed by atoms with Crippen molar-refractivity contribution in [2.75, 3.05) is 53.3 Å². The summed E-state index contributed by atoms with van der Waals surface area (Å²) >= 11 is 0. The maximum atomic E-state index is 9.34. The number of ether oxygens (including phenoxy) is 3. The first-order valence-corrected chi connectivity index (χ1v) is 7.19. The molecule has 0 fully saturated rings. The van der Waals surface area contributed by atoms with E-state index in [0.29, 0.717) is 26.4 Å². The first-order chi connectivity index (χ1) is 9.18. The lowest BCUT2D eigenvalue weighted by atomic mass is 9.96. The van der Waals surface area contributed by atoms with Crippen LogP contribution >= 0.6 is 0 Å². The summed E-state index contributed by atoms with van der Waals surface area (Å²) in [5, 5.41) is 12.7. The molecule has 0 aliphatic heterocycles. The standard InChI is InChI=1S/C14H31NO4/c1-4-15-14(2,13-16)7-5-6-8-18-11-12-19-10-9-17-3/h15-16H,4-13H2,1-3H3. The Morgan fingerprint density at radius 2 is 1.63 bits per heavy atom. The molecule has 1 atom stereocenters. The average Bonchev–Trinajstić information content (AvgIpc) is 2.41. The summed E-state index contributed by atoms with van der Waals surface area (Å²) in [6.45, 7) is 8.43. The number of unbranched alkanes of at least 4 members (excludes halogenated alkanes) is 1. The maximum Gasteiger partial charge on any atom is 0.0701 e. The molecule has 0 bridgehead atoms. The molecular weight excluding hydrogens is 246 g/mol. The summed E-state index contributed by atoms with van der Waals surface area (Å²) < 4.78 is 15.6. The van der Waals surface area contributed by atoms with Crippen molar-refractivity contribution in [3.63, 3.8) is 0 Å². The minimum absolute atomic E-state index is 0.155. The topological polar surface area (TPSA) is 60.0 Å². The zero-order valence-corrected chi connectivity index (χ0v) is 12.7. The summed E-state index contributed by atoms with van der Waals surface area (Å²) in [5.74, 6) is 0. The van der Waals surface area contributed by atoms with Gasteiger partial charge in [-0.15, -0.1) is 0 Å². The Balaban J connectivity index is 3.30. The predicted molar refractivity (Wildman–Crippen MR) is 76.5 cm³/mol. The molecule has 0 aliphatic rings. The molecule has 5 heteroatoms. The molecule has 0 aliphatic carbocycles. The number of hydrogen-bond acceptors (Lipinski definition) is 5. The first kappa shape index (κ1) is 18.8. The number of aliphatic hydroxyl groups excluding tert-OH is 1. The number of likely N-dealkylation sites (N-methyl/N-ethyl adjacent to an activating group) is 1. The molecule has 0 saturated carbocycles. The molecule has 0 aromatic heterocycles. The number of aliphatic hydroxyl groups is 1. The molecule has 0 heterocycles. The lowest BCUT2D eigenvalue weighted by Crippen LogP contribution is -2.45. The summed E-state index contributed by atoms with van der Waals surface area (Å²) in [6, 6.07) is 0. The van der Waals surface area contributed by atoms with Gasteiger partial charge in [0.1, 0.15) is 0 Å². The Hall–Kier alpha value is -0.200. The van der Waals surface area contributed by atoms with Crippen molar-refractivity contribution in [3.8, 4) is 0 Å². The third-order valence-electron chi connectivity index (χ3n) is 3.02. The van der Waals surface area contributed by atoms with Crippen molar-refractivity contribution >= 4 is 0 Å². The van der Waals surface area contributed by atoms with Crippen LogP contribution in [0.25, 0.3) is 0 Å². The summed E-state index contributed by atoms with van der Waals surface area (Å²) in [7, 11) is 1.66. The van der Waals surface area contributed by atoms with Crippen LogP contribution in [0.15, 0.2) is 0 Å².